The van der Waals surface area contributed by atoms with E-state index in [1.807, 2.05) is 43.3 Å². The van der Waals surface area contributed by atoms with Gasteiger partial charge in [0, 0.05) is 24.0 Å². The first kappa shape index (κ1) is 18.7. The van der Waals surface area contributed by atoms with Crippen LogP contribution in [-0.4, -0.2) is 31.9 Å². The summed E-state index contributed by atoms with van der Waals surface area (Å²) in [6.07, 6.45) is 0.409. The van der Waals surface area contributed by atoms with Crippen LogP contribution in [0.4, 0.5) is 0 Å². The van der Waals surface area contributed by atoms with Gasteiger partial charge in [0.05, 0.1) is 17.1 Å². The lowest BCUT2D eigenvalue weighted by atomic mass is 9.87. The molecule has 2 aromatic carbocycles. The number of rotatable bonds is 3. The van der Waals surface area contributed by atoms with E-state index in [9.17, 15) is 8.42 Å². The van der Waals surface area contributed by atoms with Gasteiger partial charge in [0.15, 0.2) is 0 Å². The summed E-state index contributed by atoms with van der Waals surface area (Å²) in [6.45, 7) is 6.94. The zero-order valence-corrected chi connectivity index (χ0v) is 16.7. The Labute approximate surface area is 165 Å². The van der Waals surface area contributed by atoms with Gasteiger partial charge < -0.3 is 4.74 Å². The molecule has 6 heteroatoms. The molecule has 4 nitrogen and oxygen atoms in total. The van der Waals surface area contributed by atoms with Crippen molar-refractivity contribution in [1.82, 2.24) is 4.31 Å². The van der Waals surface area contributed by atoms with E-state index in [1.165, 1.54) is 4.31 Å². The molecule has 2 saturated heterocycles. The summed E-state index contributed by atoms with van der Waals surface area (Å²) in [6, 6.07) is 14.6. The maximum absolute atomic E-state index is 13.0. The van der Waals surface area contributed by atoms with Gasteiger partial charge in [-0.2, -0.15) is 4.31 Å². The van der Waals surface area contributed by atoms with Gasteiger partial charge in [0.25, 0.3) is 0 Å². The minimum absolute atomic E-state index is 0.0359. The predicted octanol–water partition coefficient (Wildman–Crippen LogP) is 4.36. The molecule has 142 valence electrons. The van der Waals surface area contributed by atoms with Crippen molar-refractivity contribution >= 4 is 21.6 Å². The molecular formula is C21H22ClNO3S. The number of halogens is 1. The Balaban J connectivity index is 1.54. The Hall–Kier alpha value is -1.66. The monoisotopic (exact) mass is 403 g/mol. The van der Waals surface area contributed by atoms with E-state index in [4.69, 9.17) is 16.3 Å². The fourth-order valence-corrected chi connectivity index (χ4v) is 5.45. The largest absolute Gasteiger partial charge is 0.368 e. The third-order valence-corrected chi connectivity index (χ3v) is 7.54. The van der Waals surface area contributed by atoms with Gasteiger partial charge >= 0.3 is 0 Å². The third kappa shape index (κ3) is 3.57. The fourth-order valence-electron chi connectivity index (χ4n) is 3.85. The van der Waals surface area contributed by atoms with Gasteiger partial charge in [-0.25, -0.2) is 8.42 Å². The summed E-state index contributed by atoms with van der Waals surface area (Å²) in [5, 5.41) is 0.683. The summed E-state index contributed by atoms with van der Waals surface area (Å²) >= 11 is 5.97. The van der Waals surface area contributed by atoms with Crippen LogP contribution in [-0.2, 0) is 14.8 Å². The fraction of sp³-hybridized carbons (Fsp3) is 0.333. The zero-order valence-electron chi connectivity index (χ0n) is 15.1. The molecule has 4 rings (SSSR count). The molecule has 2 fully saturated rings. The van der Waals surface area contributed by atoms with Crippen molar-refractivity contribution in [3.05, 3.63) is 76.8 Å². The molecule has 0 aromatic heterocycles. The quantitative estimate of drug-likeness (QED) is 0.715. The van der Waals surface area contributed by atoms with Crippen LogP contribution in [0.25, 0.3) is 0 Å². The second kappa shape index (κ2) is 7.06. The Morgan fingerprint density at radius 3 is 2.41 bits per heavy atom. The SMILES string of the molecule is C=C1CC(c2ccc(Cl)cc2)OC2CN(S(=O)(=O)c3ccc(C)cc3)CC12. The first-order valence-electron chi connectivity index (χ1n) is 9.00. The first-order valence-corrected chi connectivity index (χ1v) is 10.8. The van der Waals surface area contributed by atoms with Gasteiger partial charge in [-0.3, -0.25) is 0 Å². The van der Waals surface area contributed by atoms with Crippen LogP contribution in [0, 0.1) is 12.8 Å². The molecule has 0 spiro atoms. The van der Waals surface area contributed by atoms with E-state index in [2.05, 4.69) is 6.58 Å². The van der Waals surface area contributed by atoms with Gasteiger partial charge in [-0.15, -0.1) is 0 Å². The number of fused-ring (bicyclic) bond motifs is 1. The highest BCUT2D eigenvalue weighted by molar-refractivity contribution is 7.89. The van der Waals surface area contributed by atoms with Gasteiger partial charge in [0.2, 0.25) is 10.0 Å². The van der Waals surface area contributed by atoms with Crippen molar-refractivity contribution in [3.8, 4) is 0 Å². The van der Waals surface area contributed by atoms with Crippen LogP contribution in [0.1, 0.15) is 23.7 Å². The minimum atomic E-state index is -3.53. The molecule has 3 atom stereocenters. The number of hydrogen-bond donors (Lipinski definition) is 0. The lowest BCUT2D eigenvalue weighted by Crippen LogP contribution is -2.32. The van der Waals surface area contributed by atoms with Crippen LogP contribution in [0.5, 0.6) is 0 Å². The summed E-state index contributed by atoms with van der Waals surface area (Å²) in [5.41, 5.74) is 3.12. The Morgan fingerprint density at radius 2 is 1.74 bits per heavy atom. The zero-order chi connectivity index (χ0) is 19.2. The van der Waals surface area contributed by atoms with E-state index >= 15 is 0 Å². The van der Waals surface area contributed by atoms with E-state index in [1.54, 1.807) is 12.1 Å². The molecule has 0 radical (unpaired) electrons. The smallest absolute Gasteiger partial charge is 0.243 e. The number of hydrogen-bond acceptors (Lipinski definition) is 3. The number of sulfonamides is 1. The van der Waals surface area contributed by atoms with E-state index in [0.717, 1.165) is 16.7 Å². The van der Waals surface area contributed by atoms with Crippen molar-refractivity contribution in [2.45, 2.75) is 30.4 Å². The van der Waals surface area contributed by atoms with Gasteiger partial charge in [0.1, 0.15) is 0 Å². The standard InChI is InChI=1S/C21H22ClNO3S/c1-14-3-9-18(10-4-14)27(24,25)23-12-19-15(2)11-20(26-21(19)13-23)16-5-7-17(22)8-6-16/h3-10,19-21H,2,11-13H2,1H3. The van der Waals surface area contributed by atoms with Crippen molar-refractivity contribution in [2.75, 3.05) is 13.1 Å². The highest BCUT2D eigenvalue weighted by atomic mass is 35.5. The molecule has 2 aliphatic heterocycles. The predicted molar refractivity (Wildman–Crippen MR) is 106 cm³/mol. The van der Waals surface area contributed by atoms with Crippen molar-refractivity contribution in [3.63, 3.8) is 0 Å². The number of aryl methyl sites for hydroxylation is 1. The normalized spacial score (nSPS) is 26.1. The molecule has 27 heavy (non-hydrogen) atoms. The molecule has 0 bridgehead atoms. The Kier molecular flexibility index (Phi) is 4.89. The molecule has 0 aliphatic carbocycles. The lowest BCUT2D eigenvalue weighted by Gasteiger charge is -2.33. The summed E-state index contributed by atoms with van der Waals surface area (Å²) in [5.74, 6) is 0.0359. The first-order chi connectivity index (χ1) is 12.8. The lowest BCUT2D eigenvalue weighted by molar-refractivity contribution is -0.0421. The molecular weight excluding hydrogens is 382 g/mol. The third-order valence-electron chi connectivity index (χ3n) is 5.44. The molecule has 3 unspecified atom stereocenters. The van der Waals surface area contributed by atoms with E-state index in [-0.39, 0.29) is 18.1 Å². The molecule has 0 N–H and O–H groups in total. The highest BCUT2D eigenvalue weighted by Gasteiger charge is 2.45. The van der Waals surface area contributed by atoms with E-state index in [0.29, 0.717) is 29.4 Å². The van der Waals surface area contributed by atoms with Crippen LogP contribution in [0.3, 0.4) is 0 Å². The summed E-state index contributed by atoms with van der Waals surface area (Å²) in [7, 11) is -3.53. The highest BCUT2D eigenvalue weighted by Crippen LogP contribution is 2.42. The topological polar surface area (TPSA) is 46.6 Å². The second-order valence-corrected chi connectivity index (χ2v) is 9.69. The molecule has 2 heterocycles. The van der Waals surface area contributed by atoms with Crippen molar-refractivity contribution in [2.24, 2.45) is 5.92 Å². The number of nitrogens with zero attached hydrogens (tertiary/aromatic N) is 1. The maximum Gasteiger partial charge on any atom is 0.243 e. The second-order valence-electron chi connectivity index (χ2n) is 7.32. The van der Waals surface area contributed by atoms with Gasteiger partial charge in [-0.05, 0) is 43.2 Å². The molecule has 2 aromatic rings. The van der Waals surface area contributed by atoms with E-state index < -0.39 is 10.0 Å². The minimum Gasteiger partial charge on any atom is -0.368 e. The van der Waals surface area contributed by atoms with Gasteiger partial charge in [-0.1, -0.05) is 53.6 Å². The molecule has 0 saturated carbocycles. The maximum atomic E-state index is 13.0. The Morgan fingerprint density at radius 1 is 1.07 bits per heavy atom. The van der Waals surface area contributed by atoms with Crippen LogP contribution < -0.4 is 0 Å². The average molecular weight is 404 g/mol. The van der Waals surface area contributed by atoms with Crippen molar-refractivity contribution < 1.29 is 13.2 Å². The van der Waals surface area contributed by atoms with Crippen LogP contribution >= 0.6 is 11.6 Å². The summed E-state index contributed by atoms with van der Waals surface area (Å²) in [4.78, 5) is 0.326. The summed E-state index contributed by atoms with van der Waals surface area (Å²) < 4.78 is 33.8. The molecule has 2 aliphatic rings. The Bertz CT molecular complexity index is 954. The molecule has 0 amide bonds. The number of ether oxygens (including phenoxy) is 1. The van der Waals surface area contributed by atoms with Crippen LogP contribution in [0.2, 0.25) is 5.02 Å². The van der Waals surface area contributed by atoms with Crippen LogP contribution in [0.15, 0.2) is 65.6 Å². The average Bonchev–Trinajstić information content (AvgIpc) is 3.08. The van der Waals surface area contributed by atoms with Crippen molar-refractivity contribution in [1.29, 1.82) is 0 Å². The number of benzene rings is 2.